The van der Waals surface area contributed by atoms with Crippen molar-refractivity contribution in [3.63, 3.8) is 0 Å². The Balaban J connectivity index is 2.92. The molecule has 1 atom stereocenters. The Morgan fingerprint density at radius 1 is 1.56 bits per heavy atom. The molecule has 0 saturated heterocycles. The monoisotopic (exact) mass is 251 g/mol. The number of carbonyl (C=O) groups excluding carboxylic acids is 1. The number of nitrogens with two attached hydrogens (primary N) is 1. The summed E-state index contributed by atoms with van der Waals surface area (Å²) in [4.78, 5) is 28.3. The molecule has 1 aromatic heterocycles. The lowest BCUT2D eigenvalue weighted by molar-refractivity contribution is -0.138. The quantitative estimate of drug-likeness (QED) is 0.813. The molecule has 0 fully saturated rings. The summed E-state index contributed by atoms with van der Waals surface area (Å²) in [7, 11) is 0. The van der Waals surface area contributed by atoms with Crippen molar-refractivity contribution in [3.8, 4) is 0 Å². The summed E-state index contributed by atoms with van der Waals surface area (Å²) < 4.78 is 0. The van der Waals surface area contributed by atoms with Crippen molar-refractivity contribution in [1.82, 2.24) is 9.88 Å². The third kappa shape index (κ3) is 3.19. The predicted molar refractivity (Wildman–Crippen MR) is 67.1 cm³/mol. The van der Waals surface area contributed by atoms with Crippen LogP contribution in [0, 0.1) is 0 Å². The molecule has 1 amide bonds. The fourth-order valence-electron chi connectivity index (χ4n) is 1.75. The summed E-state index contributed by atoms with van der Waals surface area (Å²) in [5.74, 6) is -1.29. The number of carboxylic acid groups (broad SMARTS) is 1. The van der Waals surface area contributed by atoms with E-state index in [2.05, 4.69) is 4.98 Å². The topological polar surface area (TPSA) is 96.5 Å². The second kappa shape index (κ2) is 6.00. The Morgan fingerprint density at radius 2 is 2.22 bits per heavy atom. The molecule has 0 aliphatic heterocycles. The predicted octanol–water partition coefficient (Wildman–Crippen LogP) is 0.989. The number of rotatable bonds is 5. The molecular weight excluding hydrogens is 234 g/mol. The van der Waals surface area contributed by atoms with Crippen molar-refractivity contribution in [1.29, 1.82) is 0 Å². The molecule has 0 aromatic carbocycles. The van der Waals surface area contributed by atoms with Crippen LogP contribution in [0.25, 0.3) is 0 Å². The first kappa shape index (κ1) is 14.0. The summed E-state index contributed by atoms with van der Waals surface area (Å²) in [5, 5.41) is 8.76. The number of aromatic nitrogens is 1. The summed E-state index contributed by atoms with van der Waals surface area (Å²) in [6.07, 6.45) is 1.38. The van der Waals surface area contributed by atoms with Crippen molar-refractivity contribution in [2.75, 3.05) is 12.3 Å². The zero-order chi connectivity index (χ0) is 13.7. The van der Waals surface area contributed by atoms with E-state index in [0.29, 0.717) is 12.2 Å². The Morgan fingerprint density at radius 3 is 2.72 bits per heavy atom. The minimum atomic E-state index is -0.942. The van der Waals surface area contributed by atoms with Crippen LogP contribution in [0.2, 0.25) is 0 Å². The van der Waals surface area contributed by atoms with Crippen LogP contribution in [0.4, 0.5) is 5.69 Å². The highest BCUT2D eigenvalue weighted by Crippen LogP contribution is 2.14. The van der Waals surface area contributed by atoms with E-state index < -0.39 is 12.0 Å². The van der Waals surface area contributed by atoms with Crippen molar-refractivity contribution < 1.29 is 14.7 Å². The van der Waals surface area contributed by atoms with Crippen LogP contribution in [0.1, 0.15) is 30.8 Å². The molecule has 0 spiro atoms. The van der Waals surface area contributed by atoms with Crippen LogP contribution in [0.5, 0.6) is 0 Å². The van der Waals surface area contributed by atoms with Gasteiger partial charge in [0.15, 0.2) is 5.69 Å². The first-order valence-corrected chi connectivity index (χ1v) is 5.70. The normalized spacial score (nSPS) is 11.9. The van der Waals surface area contributed by atoms with Crippen molar-refractivity contribution in [2.24, 2.45) is 0 Å². The molecule has 6 nitrogen and oxygen atoms in total. The minimum Gasteiger partial charge on any atom is -0.481 e. The zero-order valence-corrected chi connectivity index (χ0v) is 10.5. The molecule has 0 aliphatic carbocycles. The number of pyridine rings is 1. The summed E-state index contributed by atoms with van der Waals surface area (Å²) in [6.45, 7) is 3.88. The van der Waals surface area contributed by atoms with E-state index in [4.69, 9.17) is 10.8 Å². The van der Waals surface area contributed by atoms with Crippen molar-refractivity contribution in [3.05, 3.63) is 24.0 Å². The lowest BCUT2D eigenvalue weighted by Crippen LogP contribution is -2.40. The van der Waals surface area contributed by atoms with Crippen LogP contribution >= 0.6 is 0 Å². The second-order valence-corrected chi connectivity index (χ2v) is 3.98. The number of anilines is 1. The smallest absolute Gasteiger partial charge is 0.305 e. The minimum absolute atomic E-state index is 0.105. The van der Waals surface area contributed by atoms with Gasteiger partial charge in [0.1, 0.15) is 0 Å². The van der Waals surface area contributed by atoms with Crippen LogP contribution in [0.3, 0.4) is 0 Å². The molecule has 0 bridgehead atoms. The van der Waals surface area contributed by atoms with Gasteiger partial charge in [-0.2, -0.15) is 0 Å². The van der Waals surface area contributed by atoms with Gasteiger partial charge in [0, 0.05) is 18.8 Å². The van der Waals surface area contributed by atoms with E-state index in [9.17, 15) is 9.59 Å². The van der Waals surface area contributed by atoms with E-state index in [-0.39, 0.29) is 18.0 Å². The maximum Gasteiger partial charge on any atom is 0.305 e. The molecule has 6 heteroatoms. The van der Waals surface area contributed by atoms with E-state index >= 15 is 0 Å². The Bertz CT molecular complexity index is 448. The van der Waals surface area contributed by atoms with Crippen LogP contribution in [-0.2, 0) is 4.79 Å². The lowest BCUT2D eigenvalue weighted by Gasteiger charge is -2.27. The van der Waals surface area contributed by atoms with Gasteiger partial charge in [0.05, 0.1) is 12.1 Å². The van der Waals surface area contributed by atoms with Gasteiger partial charge in [-0.25, -0.2) is 4.98 Å². The van der Waals surface area contributed by atoms with Gasteiger partial charge in [-0.15, -0.1) is 0 Å². The van der Waals surface area contributed by atoms with Crippen molar-refractivity contribution in [2.45, 2.75) is 26.3 Å². The molecular formula is C12H17N3O3. The van der Waals surface area contributed by atoms with Gasteiger partial charge in [-0.1, -0.05) is 0 Å². The summed E-state index contributed by atoms with van der Waals surface area (Å²) >= 11 is 0. The van der Waals surface area contributed by atoms with Gasteiger partial charge < -0.3 is 15.7 Å². The van der Waals surface area contributed by atoms with E-state index in [1.807, 2.05) is 0 Å². The third-order valence-corrected chi connectivity index (χ3v) is 2.65. The van der Waals surface area contributed by atoms with Gasteiger partial charge in [0.2, 0.25) is 0 Å². The number of amides is 1. The maximum absolute atomic E-state index is 12.2. The highest BCUT2D eigenvalue weighted by molar-refractivity contribution is 5.97. The number of carbonyl (C=O) groups is 2. The van der Waals surface area contributed by atoms with Gasteiger partial charge in [-0.3, -0.25) is 9.59 Å². The molecule has 0 saturated carbocycles. The number of carboxylic acids is 1. The average molecular weight is 251 g/mol. The van der Waals surface area contributed by atoms with Crippen molar-refractivity contribution >= 4 is 17.6 Å². The highest BCUT2D eigenvalue weighted by atomic mass is 16.4. The zero-order valence-electron chi connectivity index (χ0n) is 10.5. The Labute approximate surface area is 105 Å². The lowest BCUT2D eigenvalue weighted by atomic mass is 10.1. The molecule has 1 aromatic rings. The van der Waals surface area contributed by atoms with E-state index in [1.165, 1.54) is 11.1 Å². The Hall–Kier alpha value is -2.11. The molecule has 1 rings (SSSR count). The van der Waals surface area contributed by atoms with Gasteiger partial charge >= 0.3 is 5.97 Å². The number of hydrogen-bond donors (Lipinski definition) is 2. The van der Waals surface area contributed by atoms with Crippen LogP contribution in [0.15, 0.2) is 18.3 Å². The molecule has 3 N–H and O–H groups in total. The largest absolute Gasteiger partial charge is 0.481 e. The van der Waals surface area contributed by atoms with E-state index in [0.717, 1.165) is 0 Å². The molecule has 0 radical (unpaired) electrons. The first-order valence-electron chi connectivity index (χ1n) is 5.70. The second-order valence-electron chi connectivity index (χ2n) is 3.98. The summed E-state index contributed by atoms with van der Waals surface area (Å²) in [5.41, 5.74) is 6.15. The Kier molecular flexibility index (Phi) is 4.65. The fraction of sp³-hybridized carbons (Fsp3) is 0.417. The SMILES string of the molecule is CCN(C(=O)c1ncccc1N)C(C)CC(=O)O. The molecule has 1 heterocycles. The standard InChI is InChI=1S/C12H17N3O3/c1-3-15(8(2)7-10(16)17)12(18)11-9(13)5-4-6-14-11/h4-6,8H,3,7,13H2,1-2H3,(H,16,17). The molecule has 1 unspecified atom stereocenters. The van der Waals surface area contributed by atoms with E-state index in [1.54, 1.807) is 26.0 Å². The molecule has 98 valence electrons. The number of nitrogens with zero attached hydrogens (tertiary/aromatic N) is 2. The number of aliphatic carboxylic acids is 1. The van der Waals surface area contributed by atoms with Crippen LogP contribution in [-0.4, -0.2) is 39.5 Å². The number of nitrogen functional groups attached to an aromatic ring is 1. The first-order chi connectivity index (χ1) is 8.47. The van der Waals surface area contributed by atoms with Gasteiger partial charge in [0.25, 0.3) is 5.91 Å². The molecule has 18 heavy (non-hydrogen) atoms. The van der Waals surface area contributed by atoms with Gasteiger partial charge in [-0.05, 0) is 26.0 Å². The highest BCUT2D eigenvalue weighted by Gasteiger charge is 2.24. The third-order valence-electron chi connectivity index (χ3n) is 2.65. The van der Waals surface area contributed by atoms with Crippen LogP contribution < -0.4 is 5.73 Å². The number of hydrogen-bond acceptors (Lipinski definition) is 4. The molecule has 0 aliphatic rings. The summed E-state index contributed by atoms with van der Waals surface area (Å²) in [6, 6.07) is 2.83. The maximum atomic E-state index is 12.2. The fourth-order valence-corrected chi connectivity index (χ4v) is 1.75. The average Bonchev–Trinajstić information content (AvgIpc) is 2.29.